The molecule has 0 amide bonds. The van der Waals surface area contributed by atoms with Gasteiger partial charge in [-0.3, -0.25) is 4.68 Å². The minimum atomic E-state index is 0.152. The van der Waals surface area contributed by atoms with Crippen molar-refractivity contribution in [3.63, 3.8) is 0 Å². The molecule has 1 aliphatic rings. The Hall–Kier alpha value is -1.50. The van der Waals surface area contributed by atoms with E-state index >= 15 is 0 Å². The van der Waals surface area contributed by atoms with Gasteiger partial charge in [0.1, 0.15) is 0 Å². The van der Waals surface area contributed by atoms with Gasteiger partial charge in [-0.2, -0.15) is 10.4 Å². The summed E-state index contributed by atoms with van der Waals surface area (Å²) in [5.74, 6) is 0.152. The number of nitrogens with one attached hydrogen (secondary N) is 1. The maximum Gasteiger partial charge on any atom is 0.0728 e. The van der Waals surface area contributed by atoms with Crippen molar-refractivity contribution >= 4 is 5.69 Å². The lowest BCUT2D eigenvalue weighted by Gasteiger charge is -2.27. The SMILES string of the molecule is Cn1cc(NC2CCCCC2C#N)cn1. The number of nitriles is 1. The summed E-state index contributed by atoms with van der Waals surface area (Å²) in [5, 5.41) is 16.5. The van der Waals surface area contributed by atoms with Crippen LogP contribution in [-0.2, 0) is 7.05 Å². The smallest absolute Gasteiger partial charge is 0.0728 e. The number of nitrogens with zero attached hydrogens (tertiary/aromatic N) is 3. The normalized spacial score (nSPS) is 25.9. The van der Waals surface area contributed by atoms with Crippen molar-refractivity contribution in [2.24, 2.45) is 13.0 Å². The quantitative estimate of drug-likeness (QED) is 0.800. The fraction of sp³-hybridized carbons (Fsp3) is 0.636. The second kappa shape index (κ2) is 4.35. The molecule has 1 aliphatic carbocycles. The Labute approximate surface area is 89.9 Å². The van der Waals surface area contributed by atoms with Crippen molar-refractivity contribution in [3.8, 4) is 6.07 Å². The summed E-state index contributed by atoms with van der Waals surface area (Å²) in [7, 11) is 1.90. The zero-order valence-corrected chi connectivity index (χ0v) is 8.98. The van der Waals surface area contributed by atoms with Crippen molar-refractivity contribution in [1.82, 2.24) is 9.78 Å². The molecule has 1 fully saturated rings. The first kappa shape index (κ1) is 10.0. The van der Waals surface area contributed by atoms with E-state index in [4.69, 9.17) is 5.26 Å². The highest BCUT2D eigenvalue weighted by Crippen LogP contribution is 2.26. The largest absolute Gasteiger partial charge is 0.378 e. The van der Waals surface area contributed by atoms with Gasteiger partial charge in [0.25, 0.3) is 0 Å². The molecule has 2 atom stereocenters. The van der Waals surface area contributed by atoms with E-state index in [1.54, 1.807) is 4.68 Å². The van der Waals surface area contributed by atoms with E-state index in [2.05, 4.69) is 16.5 Å². The van der Waals surface area contributed by atoms with E-state index in [0.29, 0.717) is 6.04 Å². The fourth-order valence-corrected chi connectivity index (χ4v) is 2.17. The Morgan fingerprint density at radius 3 is 3.00 bits per heavy atom. The Kier molecular flexibility index (Phi) is 2.91. The molecule has 0 radical (unpaired) electrons. The monoisotopic (exact) mass is 204 g/mol. The molecule has 2 unspecified atom stereocenters. The standard InChI is InChI=1S/C11H16N4/c1-15-8-10(7-13-15)14-11-5-3-2-4-9(11)6-12/h7-9,11,14H,2-5H2,1H3. The van der Waals surface area contributed by atoms with Crippen molar-refractivity contribution in [3.05, 3.63) is 12.4 Å². The number of rotatable bonds is 2. The lowest BCUT2D eigenvalue weighted by Crippen LogP contribution is -2.31. The molecule has 1 N–H and O–H groups in total. The average molecular weight is 204 g/mol. The Balaban J connectivity index is 2.01. The van der Waals surface area contributed by atoms with Gasteiger partial charge in [-0.1, -0.05) is 12.8 Å². The predicted octanol–water partition coefficient (Wildman–Crippen LogP) is 1.91. The molecular weight excluding hydrogens is 188 g/mol. The summed E-state index contributed by atoms with van der Waals surface area (Å²) in [6.07, 6.45) is 8.27. The van der Waals surface area contributed by atoms with Crippen molar-refractivity contribution in [1.29, 1.82) is 5.26 Å². The van der Waals surface area contributed by atoms with Gasteiger partial charge in [-0.05, 0) is 12.8 Å². The van der Waals surface area contributed by atoms with Crippen LogP contribution in [-0.4, -0.2) is 15.8 Å². The second-order valence-corrected chi connectivity index (χ2v) is 4.17. The van der Waals surface area contributed by atoms with Gasteiger partial charge < -0.3 is 5.32 Å². The van der Waals surface area contributed by atoms with Gasteiger partial charge in [0.2, 0.25) is 0 Å². The van der Waals surface area contributed by atoms with Gasteiger partial charge in [0.15, 0.2) is 0 Å². The number of hydrogen-bond acceptors (Lipinski definition) is 3. The van der Waals surface area contributed by atoms with E-state index in [9.17, 15) is 0 Å². The molecule has 15 heavy (non-hydrogen) atoms. The lowest BCUT2D eigenvalue weighted by atomic mass is 9.85. The van der Waals surface area contributed by atoms with Crippen LogP contribution in [0, 0.1) is 17.2 Å². The summed E-state index contributed by atoms with van der Waals surface area (Å²) in [6.45, 7) is 0. The van der Waals surface area contributed by atoms with Gasteiger partial charge in [0.05, 0.1) is 23.9 Å². The lowest BCUT2D eigenvalue weighted by molar-refractivity contribution is 0.389. The maximum absolute atomic E-state index is 9.03. The summed E-state index contributed by atoms with van der Waals surface area (Å²) in [6, 6.07) is 2.69. The molecule has 0 saturated heterocycles. The molecule has 1 saturated carbocycles. The van der Waals surface area contributed by atoms with Crippen molar-refractivity contribution in [2.75, 3.05) is 5.32 Å². The summed E-state index contributed by atoms with van der Waals surface area (Å²) < 4.78 is 1.77. The van der Waals surface area contributed by atoms with Crippen LogP contribution < -0.4 is 5.32 Å². The zero-order chi connectivity index (χ0) is 10.7. The third kappa shape index (κ3) is 2.30. The Morgan fingerprint density at radius 1 is 1.53 bits per heavy atom. The first-order chi connectivity index (χ1) is 7.29. The van der Waals surface area contributed by atoms with E-state index < -0.39 is 0 Å². The molecule has 1 heterocycles. The molecule has 4 nitrogen and oxygen atoms in total. The Bertz CT molecular complexity index is 363. The molecule has 2 rings (SSSR count). The third-order valence-corrected chi connectivity index (χ3v) is 2.99. The zero-order valence-electron chi connectivity index (χ0n) is 8.98. The van der Waals surface area contributed by atoms with Gasteiger partial charge in [-0.25, -0.2) is 0 Å². The number of aromatic nitrogens is 2. The van der Waals surface area contributed by atoms with Gasteiger partial charge in [0, 0.05) is 19.3 Å². The first-order valence-electron chi connectivity index (χ1n) is 5.44. The molecule has 1 aromatic heterocycles. The summed E-state index contributed by atoms with van der Waals surface area (Å²) >= 11 is 0. The van der Waals surface area contributed by atoms with E-state index in [1.165, 1.54) is 12.8 Å². The van der Waals surface area contributed by atoms with Crippen LogP contribution in [0.5, 0.6) is 0 Å². The maximum atomic E-state index is 9.03. The first-order valence-corrected chi connectivity index (χ1v) is 5.44. The molecular formula is C11H16N4. The minimum Gasteiger partial charge on any atom is -0.378 e. The number of hydrogen-bond donors (Lipinski definition) is 1. The molecule has 0 spiro atoms. The fourth-order valence-electron chi connectivity index (χ4n) is 2.17. The van der Waals surface area contributed by atoms with Crippen LogP contribution in [0.2, 0.25) is 0 Å². The van der Waals surface area contributed by atoms with Crippen LogP contribution in [0.1, 0.15) is 25.7 Å². The molecule has 4 heteroatoms. The molecule has 0 aliphatic heterocycles. The van der Waals surface area contributed by atoms with Crippen molar-refractivity contribution in [2.45, 2.75) is 31.7 Å². The van der Waals surface area contributed by atoms with E-state index in [-0.39, 0.29) is 5.92 Å². The van der Waals surface area contributed by atoms with Crippen LogP contribution in [0.15, 0.2) is 12.4 Å². The third-order valence-electron chi connectivity index (χ3n) is 2.99. The van der Waals surface area contributed by atoms with Crippen molar-refractivity contribution < 1.29 is 0 Å². The van der Waals surface area contributed by atoms with Crippen LogP contribution in [0.4, 0.5) is 5.69 Å². The summed E-state index contributed by atoms with van der Waals surface area (Å²) in [5.41, 5.74) is 1.02. The summed E-state index contributed by atoms with van der Waals surface area (Å²) in [4.78, 5) is 0. The molecule has 1 aromatic rings. The highest BCUT2D eigenvalue weighted by molar-refractivity contribution is 5.40. The molecule has 0 bridgehead atoms. The Morgan fingerprint density at radius 2 is 2.33 bits per heavy atom. The van der Waals surface area contributed by atoms with Gasteiger partial charge in [-0.15, -0.1) is 0 Å². The highest BCUT2D eigenvalue weighted by Gasteiger charge is 2.24. The van der Waals surface area contributed by atoms with E-state index in [0.717, 1.165) is 18.5 Å². The highest BCUT2D eigenvalue weighted by atomic mass is 15.3. The topological polar surface area (TPSA) is 53.6 Å². The number of aryl methyl sites for hydroxylation is 1. The number of anilines is 1. The van der Waals surface area contributed by atoms with Crippen LogP contribution in [0.3, 0.4) is 0 Å². The minimum absolute atomic E-state index is 0.152. The van der Waals surface area contributed by atoms with Gasteiger partial charge >= 0.3 is 0 Å². The molecule has 0 aromatic carbocycles. The predicted molar refractivity (Wildman–Crippen MR) is 58.2 cm³/mol. The van der Waals surface area contributed by atoms with Crippen LogP contribution in [0.25, 0.3) is 0 Å². The van der Waals surface area contributed by atoms with Crippen LogP contribution >= 0.6 is 0 Å². The average Bonchev–Trinajstić information content (AvgIpc) is 2.65. The molecule has 80 valence electrons. The van der Waals surface area contributed by atoms with E-state index in [1.807, 2.05) is 19.4 Å². The second-order valence-electron chi connectivity index (χ2n) is 4.17.